The average Bonchev–Trinajstić information content (AvgIpc) is 2.66. The highest BCUT2D eigenvalue weighted by Gasteiger charge is 2.34. The molecule has 1 unspecified atom stereocenters. The fourth-order valence-corrected chi connectivity index (χ4v) is 2.83. The molecule has 0 aliphatic heterocycles. The average molecular weight is 237 g/mol. The van der Waals surface area contributed by atoms with Gasteiger partial charge in [0.2, 0.25) is 0 Å². The molecule has 0 saturated heterocycles. The van der Waals surface area contributed by atoms with E-state index in [1.807, 2.05) is 4.68 Å². The zero-order valence-electron chi connectivity index (χ0n) is 12.4. The van der Waals surface area contributed by atoms with Gasteiger partial charge in [-0.15, -0.1) is 5.10 Å². The van der Waals surface area contributed by atoms with E-state index in [2.05, 4.69) is 65.0 Å². The number of nitrogens with zero attached hydrogens (tertiary/aromatic N) is 3. The minimum absolute atomic E-state index is 0.0933. The monoisotopic (exact) mass is 237 g/mol. The first-order chi connectivity index (χ1) is 7.80. The number of hydrogen-bond donors (Lipinski definition) is 0. The van der Waals surface area contributed by atoms with Gasteiger partial charge in [-0.1, -0.05) is 46.3 Å². The predicted octanol–water partition coefficient (Wildman–Crippen LogP) is 3.82. The van der Waals surface area contributed by atoms with Gasteiger partial charge in [-0.3, -0.25) is 0 Å². The van der Waals surface area contributed by atoms with Crippen molar-refractivity contribution in [3.8, 4) is 0 Å². The van der Waals surface area contributed by atoms with Crippen molar-refractivity contribution >= 4 is 0 Å². The Morgan fingerprint density at radius 3 is 2.18 bits per heavy atom. The SMILES string of the molecule is CCC(C(C)C)C(C)(C)c1cn(C(C)C)nn1. The van der Waals surface area contributed by atoms with Gasteiger partial charge < -0.3 is 0 Å². The molecule has 1 heterocycles. The molecule has 98 valence electrons. The molecule has 3 heteroatoms. The molecule has 0 aromatic carbocycles. The lowest BCUT2D eigenvalue weighted by molar-refractivity contribution is 0.227. The molecule has 0 aliphatic rings. The third-order valence-electron chi connectivity index (χ3n) is 3.87. The van der Waals surface area contributed by atoms with Crippen LogP contribution in [0.1, 0.15) is 66.6 Å². The molecule has 0 bridgehead atoms. The molecular formula is C14H27N3. The summed E-state index contributed by atoms with van der Waals surface area (Å²) in [6.45, 7) is 15.7. The lowest BCUT2D eigenvalue weighted by Gasteiger charge is -2.35. The number of aromatic nitrogens is 3. The summed E-state index contributed by atoms with van der Waals surface area (Å²) < 4.78 is 1.95. The number of hydrogen-bond acceptors (Lipinski definition) is 2. The maximum atomic E-state index is 4.37. The van der Waals surface area contributed by atoms with Crippen LogP contribution in [-0.4, -0.2) is 15.0 Å². The van der Waals surface area contributed by atoms with Crippen LogP contribution in [0.15, 0.2) is 6.20 Å². The normalized spacial score (nSPS) is 14.6. The summed E-state index contributed by atoms with van der Waals surface area (Å²) in [7, 11) is 0. The predicted molar refractivity (Wildman–Crippen MR) is 72.1 cm³/mol. The van der Waals surface area contributed by atoms with Crippen molar-refractivity contribution in [1.29, 1.82) is 0 Å². The van der Waals surface area contributed by atoms with Gasteiger partial charge in [0.1, 0.15) is 0 Å². The van der Waals surface area contributed by atoms with Crippen molar-refractivity contribution in [1.82, 2.24) is 15.0 Å². The maximum absolute atomic E-state index is 4.37. The summed E-state index contributed by atoms with van der Waals surface area (Å²) in [5.74, 6) is 1.30. The van der Waals surface area contributed by atoms with E-state index in [1.54, 1.807) is 0 Å². The Kier molecular flexibility index (Phi) is 4.34. The van der Waals surface area contributed by atoms with Crippen LogP contribution in [0.5, 0.6) is 0 Å². The molecule has 0 fully saturated rings. The Morgan fingerprint density at radius 2 is 1.82 bits per heavy atom. The van der Waals surface area contributed by atoms with Crippen molar-refractivity contribution in [2.45, 2.75) is 66.3 Å². The molecule has 0 aliphatic carbocycles. The van der Waals surface area contributed by atoms with Gasteiger partial charge in [-0.25, -0.2) is 4.68 Å². The second-order valence-electron chi connectivity index (χ2n) is 6.16. The van der Waals surface area contributed by atoms with Crippen LogP contribution in [0.2, 0.25) is 0 Å². The first-order valence-electron chi connectivity index (χ1n) is 6.73. The van der Waals surface area contributed by atoms with Gasteiger partial charge in [0.15, 0.2) is 0 Å². The van der Waals surface area contributed by atoms with Gasteiger partial charge in [0, 0.05) is 17.7 Å². The van der Waals surface area contributed by atoms with E-state index in [-0.39, 0.29) is 5.41 Å². The Hall–Kier alpha value is -0.860. The van der Waals surface area contributed by atoms with Gasteiger partial charge in [-0.05, 0) is 25.7 Å². The summed E-state index contributed by atoms with van der Waals surface area (Å²) >= 11 is 0. The fraction of sp³-hybridized carbons (Fsp3) is 0.857. The van der Waals surface area contributed by atoms with Crippen molar-refractivity contribution in [2.24, 2.45) is 11.8 Å². The molecule has 0 saturated carbocycles. The van der Waals surface area contributed by atoms with Gasteiger partial charge in [-0.2, -0.15) is 0 Å². The van der Waals surface area contributed by atoms with Gasteiger partial charge in [0.25, 0.3) is 0 Å². The molecule has 3 nitrogen and oxygen atoms in total. The maximum Gasteiger partial charge on any atom is 0.0886 e. The molecule has 0 spiro atoms. The van der Waals surface area contributed by atoms with E-state index in [1.165, 1.54) is 6.42 Å². The Labute approximate surface area is 106 Å². The molecule has 1 aromatic rings. The third kappa shape index (κ3) is 2.88. The second kappa shape index (κ2) is 5.19. The van der Waals surface area contributed by atoms with Crippen LogP contribution in [-0.2, 0) is 5.41 Å². The van der Waals surface area contributed by atoms with E-state index in [0.29, 0.717) is 17.9 Å². The molecule has 1 rings (SSSR count). The van der Waals surface area contributed by atoms with Crippen LogP contribution in [0, 0.1) is 11.8 Å². The smallest absolute Gasteiger partial charge is 0.0886 e. The standard InChI is InChI=1S/C14H27N3/c1-8-12(10(2)3)14(6,7)13-9-17(11(4)5)16-15-13/h9-12H,8H2,1-7H3. The van der Waals surface area contributed by atoms with E-state index in [9.17, 15) is 0 Å². The van der Waals surface area contributed by atoms with Crippen LogP contribution < -0.4 is 0 Å². The van der Waals surface area contributed by atoms with E-state index in [0.717, 1.165) is 5.69 Å². The Morgan fingerprint density at radius 1 is 1.24 bits per heavy atom. The van der Waals surface area contributed by atoms with Gasteiger partial charge in [0.05, 0.1) is 5.69 Å². The summed E-state index contributed by atoms with van der Waals surface area (Å²) in [5, 5.41) is 8.60. The Balaban J connectivity index is 3.02. The summed E-state index contributed by atoms with van der Waals surface area (Å²) in [6, 6.07) is 0.381. The van der Waals surface area contributed by atoms with Gasteiger partial charge >= 0.3 is 0 Å². The highest BCUT2D eigenvalue weighted by Crippen LogP contribution is 2.37. The molecule has 17 heavy (non-hydrogen) atoms. The summed E-state index contributed by atoms with van der Waals surface area (Å²) in [5.41, 5.74) is 1.21. The largest absolute Gasteiger partial charge is 0.250 e. The van der Waals surface area contributed by atoms with E-state index >= 15 is 0 Å². The third-order valence-corrected chi connectivity index (χ3v) is 3.87. The lowest BCUT2D eigenvalue weighted by atomic mass is 9.70. The minimum atomic E-state index is 0.0933. The van der Waals surface area contributed by atoms with Crippen molar-refractivity contribution in [3.05, 3.63) is 11.9 Å². The summed E-state index contributed by atoms with van der Waals surface area (Å²) in [4.78, 5) is 0. The Bertz CT molecular complexity index is 350. The topological polar surface area (TPSA) is 30.7 Å². The molecular weight excluding hydrogens is 210 g/mol. The van der Waals surface area contributed by atoms with Crippen LogP contribution in [0.4, 0.5) is 0 Å². The zero-order chi connectivity index (χ0) is 13.2. The molecule has 1 aromatic heterocycles. The summed E-state index contributed by atoms with van der Waals surface area (Å²) in [6.07, 6.45) is 3.29. The highest BCUT2D eigenvalue weighted by atomic mass is 15.4. The number of rotatable bonds is 5. The minimum Gasteiger partial charge on any atom is -0.250 e. The zero-order valence-corrected chi connectivity index (χ0v) is 12.4. The molecule has 0 N–H and O–H groups in total. The quantitative estimate of drug-likeness (QED) is 0.779. The molecule has 1 atom stereocenters. The van der Waals surface area contributed by atoms with Crippen molar-refractivity contribution < 1.29 is 0 Å². The second-order valence-corrected chi connectivity index (χ2v) is 6.16. The first kappa shape index (κ1) is 14.2. The van der Waals surface area contributed by atoms with E-state index in [4.69, 9.17) is 0 Å². The first-order valence-corrected chi connectivity index (χ1v) is 6.73. The van der Waals surface area contributed by atoms with Crippen molar-refractivity contribution in [2.75, 3.05) is 0 Å². The fourth-order valence-electron chi connectivity index (χ4n) is 2.83. The highest BCUT2D eigenvalue weighted by molar-refractivity contribution is 5.11. The van der Waals surface area contributed by atoms with Crippen LogP contribution in [0.25, 0.3) is 0 Å². The van der Waals surface area contributed by atoms with Crippen LogP contribution in [0.3, 0.4) is 0 Å². The van der Waals surface area contributed by atoms with Crippen molar-refractivity contribution in [3.63, 3.8) is 0 Å². The molecule has 0 amide bonds. The van der Waals surface area contributed by atoms with Crippen LogP contribution >= 0.6 is 0 Å². The molecule has 0 radical (unpaired) electrons. The van der Waals surface area contributed by atoms with E-state index < -0.39 is 0 Å². The lowest BCUT2D eigenvalue weighted by Crippen LogP contribution is -2.32.